The number of rotatable bonds is 2. The molecule has 0 aromatic heterocycles. The first-order valence-corrected chi connectivity index (χ1v) is 6.77. The van der Waals surface area contributed by atoms with Gasteiger partial charge in [0.25, 0.3) is 0 Å². The molecule has 0 aliphatic carbocycles. The quantitative estimate of drug-likeness (QED) is 0.684. The molecule has 2 aliphatic heterocycles. The summed E-state index contributed by atoms with van der Waals surface area (Å²) in [5.41, 5.74) is 9.51. The van der Waals surface area contributed by atoms with Crippen molar-refractivity contribution < 1.29 is 9.59 Å². The molecule has 2 amide bonds. The predicted molar refractivity (Wildman–Crippen MR) is 77.6 cm³/mol. The molecule has 20 heavy (non-hydrogen) atoms. The van der Waals surface area contributed by atoms with Crippen molar-refractivity contribution >= 4 is 28.9 Å². The second-order valence-corrected chi connectivity index (χ2v) is 5.43. The van der Waals surface area contributed by atoms with Crippen LogP contribution < -0.4 is 21.3 Å². The lowest BCUT2D eigenvalue weighted by Gasteiger charge is -2.21. The number of nitrogens with two attached hydrogens (primary N) is 1. The third kappa shape index (κ3) is 2.29. The molecule has 1 saturated heterocycles. The number of carbonyl (C=O) groups excluding carboxylic acids is 2. The molecule has 2 heterocycles. The van der Waals surface area contributed by atoms with Gasteiger partial charge in [0.15, 0.2) is 0 Å². The molecular formula is C14H18N4O2. The minimum Gasteiger partial charge on any atom is -0.397 e. The van der Waals surface area contributed by atoms with Gasteiger partial charge in [0.2, 0.25) is 11.8 Å². The minimum absolute atomic E-state index is 0.00830. The average Bonchev–Trinajstić information content (AvgIpc) is 2.92. The van der Waals surface area contributed by atoms with Crippen LogP contribution in [0.5, 0.6) is 0 Å². The summed E-state index contributed by atoms with van der Waals surface area (Å²) in [5.74, 6) is 0.000124. The fourth-order valence-electron chi connectivity index (χ4n) is 2.94. The molecule has 0 bridgehead atoms. The summed E-state index contributed by atoms with van der Waals surface area (Å²) in [6, 6.07) is 3.97. The molecule has 1 atom stereocenters. The van der Waals surface area contributed by atoms with Crippen molar-refractivity contribution in [3.63, 3.8) is 0 Å². The number of anilines is 3. The maximum absolute atomic E-state index is 11.4. The number of amides is 2. The van der Waals surface area contributed by atoms with E-state index in [1.54, 1.807) is 0 Å². The summed E-state index contributed by atoms with van der Waals surface area (Å²) in [6.45, 7) is 3.13. The van der Waals surface area contributed by atoms with Gasteiger partial charge in [-0.1, -0.05) is 0 Å². The van der Waals surface area contributed by atoms with Crippen molar-refractivity contribution in [2.75, 3.05) is 29.0 Å². The van der Waals surface area contributed by atoms with E-state index >= 15 is 0 Å². The first-order valence-electron chi connectivity index (χ1n) is 6.77. The van der Waals surface area contributed by atoms with E-state index in [-0.39, 0.29) is 17.9 Å². The Kier molecular flexibility index (Phi) is 3.00. The third-order valence-corrected chi connectivity index (χ3v) is 3.81. The number of hydrogen-bond donors (Lipinski definition) is 3. The number of benzene rings is 1. The number of nitrogens with one attached hydrogen (secondary N) is 2. The van der Waals surface area contributed by atoms with Gasteiger partial charge >= 0.3 is 0 Å². The predicted octanol–water partition coefficient (Wildman–Crippen LogP) is 0.478. The van der Waals surface area contributed by atoms with E-state index in [0.29, 0.717) is 12.1 Å². The molecular weight excluding hydrogens is 256 g/mol. The second kappa shape index (κ2) is 4.70. The topological polar surface area (TPSA) is 87.5 Å². The number of nitrogens with zero attached hydrogens (tertiary/aromatic N) is 1. The van der Waals surface area contributed by atoms with Crippen LogP contribution in [0.4, 0.5) is 17.1 Å². The van der Waals surface area contributed by atoms with E-state index in [9.17, 15) is 9.59 Å². The van der Waals surface area contributed by atoms with E-state index in [2.05, 4.69) is 15.5 Å². The van der Waals surface area contributed by atoms with Crippen LogP contribution in [0.1, 0.15) is 18.9 Å². The van der Waals surface area contributed by atoms with E-state index < -0.39 is 0 Å². The fourth-order valence-corrected chi connectivity index (χ4v) is 2.94. The van der Waals surface area contributed by atoms with Gasteiger partial charge in [0.1, 0.15) is 0 Å². The normalized spacial score (nSPS) is 20.8. The van der Waals surface area contributed by atoms with E-state index in [1.807, 2.05) is 12.1 Å². The number of nitrogen functional groups attached to an aromatic ring is 1. The second-order valence-electron chi connectivity index (χ2n) is 5.43. The molecule has 106 valence electrons. The monoisotopic (exact) mass is 274 g/mol. The van der Waals surface area contributed by atoms with Crippen LogP contribution in [0.3, 0.4) is 0 Å². The number of fused-ring (bicyclic) bond motifs is 1. The van der Waals surface area contributed by atoms with Gasteiger partial charge in [-0.3, -0.25) is 9.59 Å². The van der Waals surface area contributed by atoms with Crippen LogP contribution in [-0.4, -0.2) is 30.9 Å². The van der Waals surface area contributed by atoms with Crippen LogP contribution >= 0.6 is 0 Å². The van der Waals surface area contributed by atoms with Crippen molar-refractivity contribution in [3.8, 4) is 0 Å². The highest BCUT2D eigenvalue weighted by atomic mass is 16.2. The highest BCUT2D eigenvalue weighted by Crippen LogP contribution is 2.35. The summed E-state index contributed by atoms with van der Waals surface area (Å²) in [4.78, 5) is 24.7. The summed E-state index contributed by atoms with van der Waals surface area (Å²) in [6.07, 6.45) is 1.30. The molecule has 1 fully saturated rings. The molecule has 0 spiro atoms. The summed E-state index contributed by atoms with van der Waals surface area (Å²) >= 11 is 0. The van der Waals surface area contributed by atoms with Crippen LogP contribution in [0, 0.1) is 0 Å². The van der Waals surface area contributed by atoms with Gasteiger partial charge < -0.3 is 21.3 Å². The lowest BCUT2D eigenvalue weighted by atomic mass is 10.1. The first kappa shape index (κ1) is 12.8. The number of carbonyl (C=O) groups is 2. The Morgan fingerprint density at radius 3 is 3.05 bits per heavy atom. The Labute approximate surface area is 117 Å². The van der Waals surface area contributed by atoms with Crippen LogP contribution in [0.2, 0.25) is 0 Å². The third-order valence-electron chi connectivity index (χ3n) is 3.81. The van der Waals surface area contributed by atoms with Crippen LogP contribution in [0.15, 0.2) is 12.1 Å². The van der Waals surface area contributed by atoms with Gasteiger partial charge in [-0.15, -0.1) is 0 Å². The molecule has 2 aliphatic rings. The Morgan fingerprint density at radius 2 is 2.30 bits per heavy atom. The smallest absolute Gasteiger partial charge is 0.228 e. The zero-order chi connectivity index (χ0) is 14.3. The Hall–Kier alpha value is -2.24. The molecule has 1 aromatic rings. The summed E-state index contributed by atoms with van der Waals surface area (Å²) in [7, 11) is 0. The van der Waals surface area contributed by atoms with E-state index in [1.165, 1.54) is 6.92 Å². The van der Waals surface area contributed by atoms with E-state index in [0.717, 1.165) is 36.4 Å². The van der Waals surface area contributed by atoms with Crippen molar-refractivity contribution in [2.24, 2.45) is 0 Å². The highest BCUT2D eigenvalue weighted by molar-refractivity contribution is 6.01. The zero-order valence-electron chi connectivity index (χ0n) is 11.4. The van der Waals surface area contributed by atoms with E-state index in [4.69, 9.17) is 5.73 Å². The van der Waals surface area contributed by atoms with Crippen molar-refractivity contribution in [2.45, 2.75) is 25.8 Å². The largest absolute Gasteiger partial charge is 0.397 e. The Bertz CT molecular complexity index is 585. The fraction of sp³-hybridized carbons (Fsp3) is 0.429. The molecule has 1 unspecified atom stereocenters. The maximum Gasteiger partial charge on any atom is 0.228 e. The maximum atomic E-state index is 11.4. The zero-order valence-corrected chi connectivity index (χ0v) is 11.4. The lowest BCUT2D eigenvalue weighted by molar-refractivity contribution is -0.119. The van der Waals surface area contributed by atoms with Crippen LogP contribution in [0.25, 0.3) is 0 Å². The van der Waals surface area contributed by atoms with Gasteiger partial charge in [-0.05, 0) is 24.1 Å². The molecule has 0 radical (unpaired) electrons. The standard InChI is InChI=1S/C14H18N4O2/c1-8(19)16-10-2-3-18(7-10)13-6-12-9(4-11(13)15)5-14(20)17-12/h4,6,10H,2-3,5,7,15H2,1H3,(H,16,19)(H,17,20). The SMILES string of the molecule is CC(=O)NC1CCN(c2cc3c(cc2N)CC(=O)N3)C1. The average molecular weight is 274 g/mol. The molecule has 0 saturated carbocycles. The van der Waals surface area contributed by atoms with Gasteiger partial charge in [-0.25, -0.2) is 0 Å². The molecule has 6 heteroatoms. The number of hydrogen-bond acceptors (Lipinski definition) is 4. The highest BCUT2D eigenvalue weighted by Gasteiger charge is 2.26. The van der Waals surface area contributed by atoms with Gasteiger partial charge in [-0.2, -0.15) is 0 Å². The Balaban J connectivity index is 1.80. The summed E-state index contributed by atoms with van der Waals surface area (Å²) < 4.78 is 0. The van der Waals surface area contributed by atoms with Crippen molar-refractivity contribution in [3.05, 3.63) is 17.7 Å². The minimum atomic E-state index is -0.00830. The molecule has 3 rings (SSSR count). The molecule has 4 N–H and O–H groups in total. The molecule has 6 nitrogen and oxygen atoms in total. The van der Waals surface area contributed by atoms with Crippen molar-refractivity contribution in [1.29, 1.82) is 0 Å². The van der Waals surface area contributed by atoms with Crippen LogP contribution in [-0.2, 0) is 16.0 Å². The molecule has 1 aromatic carbocycles. The van der Waals surface area contributed by atoms with Gasteiger partial charge in [0.05, 0.1) is 17.8 Å². The first-order chi connectivity index (χ1) is 9.52. The van der Waals surface area contributed by atoms with Gasteiger partial charge in [0, 0.05) is 31.7 Å². The Morgan fingerprint density at radius 1 is 1.50 bits per heavy atom. The lowest BCUT2D eigenvalue weighted by Crippen LogP contribution is -2.35. The summed E-state index contributed by atoms with van der Waals surface area (Å²) in [5, 5.41) is 5.77. The van der Waals surface area contributed by atoms with Crippen molar-refractivity contribution in [1.82, 2.24) is 5.32 Å².